The first kappa shape index (κ1) is 25.5. The van der Waals surface area contributed by atoms with Gasteiger partial charge in [0.25, 0.3) is 0 Å². The molecule has 0 unspecified atom stereocenters. The van der Waals surface area contributed by atoms with Gasteiger partial charge in [0, 0.05) is 6.54 Å². The van der Waals surface area contributed by atoms with Crippen molar-refractivity contribution in [3.8, 4) is 23.0 Å². The van der Waals surface area contributed by atoms with Gasteiger partial charge in [-0.05, 0) is 41.8 Å². The van der Waals surface area contributed by atoms with E-state index < -0.39 is 6.61 Å². The predicted molar refractivity (Wildman–Crippen MR) is 122 cm³/mol. The van der Waals surface area contributed by atoms with Crippen molar-refractivity contribution < 1.29 is 27.7 Å². The Kier molecular flexibility index (Phi) is 11.0. The zero-order chi connectivity index (χ0) is 21.2. The minimum absolute atomic E-state index is 0. The molecule has 166 valence electrons. The van der Waals surface area contributed by atoms with Crippen LogP contribution in [-0.4, -0.2) is 40.4 Å². The van der Waals surface area contributed by atoms with Crippen LogP contribution in [0.3, 0.4) is 0 Å². The second kappa shape index (κ2) is 12.9. The van der Waals surface area contributed by atoms with Gasteiger partial charge in [0.1, 0.15) is 0 Å². The number of nitrogens with one attached hydrogen (secondary N) is 1. The lowest BCUT2D eigenvalue weighted by Gasteiger charge is -2.12. The SMILES string of the molecule is COc1ccc(CN=C(N)NCCc2ccc(OC)c(OC(F)F)c2)cc1OC.I. The second-order valence-corrected chi connectivity index (χ2v) is 5.93. The lowest BCUT2D eigenvalue weighted by atomic mass is 10.1. The summed E-state index contributed by atoms with van der Waals surface area (Å²) in [6.45, 7) is -2.08. The van der Waals surface area contributed by atoms with Gasteiger partial charge >= 0.3 is 6.61 Å². The molecule has 0 heterocycles. The Morgan fingerprint density at radius 2 is 1.50 bits per heavy atom. The summed E-state index contributed by atoms with van der Waals surface area (Å²) < 4.78 is 45.0. The van der Waals surface area contributed by atoms with Crippen LogP contribution in [0.25, 0.3) is 0 Å². The molecule has 0 aliphatic heterocycles. The van der Waals surface area contributed by atoms with Crippen LogP contribution in [0, 0.1) is 0 Å². The monoisotopic (exact) mass is 537 g/mol. The van der Waals surface area contributed by atoms with E-state index in [1.165, 1.54) is 13.2 Å². The molecule has 2 rings (SSSR count). The molecule has 2 aromatic carbocycles. The number of benzene rings is 2. The molecule has 30 heavy (non-hydrogen) atoms. The van der Waals surface area contributed by atoms with Crippen LogP contribution in [0.15, 0.2) is 41.4 Å². The number of nitrogens with zero attached hydrogens (tertiary/aromatic N) is 1. The average Bonchev–Trinajstić information content (AvgIpc) is 2.71. The molecule has 0 aromatic heterocycles. The van der Waals surface area contributed by atoms with Crippen molar-refractivity contribution >= 4 is 29.9 Å². The summed E-state index contributed by atoms with van der Waals surface area (Å²) in [6, 6.07) is 10.4. The van der Waals surface area contributed by atoms with Gasteiger partial charge in [-0.1, -0.05) is 12.1 Å². The fraction of sp³-hybridized carbons (Fsp3) is 0.350. The number of hydrogen-bond donors (Lipinski definition) is 2. The number of rotatable bonds is 10. The van der Waals surface area contributed by atoms with E-state index in [4.69, 9.17) is 19.9 Å². The number of hydrogen-bond acceptors (Lipinski definition) is 5. The zero-order valence-corrected chi connectivity index (χ0v) is 19.3. The highest BCUT2D eigenvalue weighted by Gasteiger charge is 2.11. The molecule has 0 amide bonds. The Morgan fingerprint density at radius 3 is 2.10 bits per heavy atom. The Balaban J connectivity index is 0.00000450. The zero-order valence-electron chi connectivity index (χ0n) is 17.0. The minimum Gasteiger partial charge on any atom is -0.493 e. The summed E-state index contributed by atoms with van der Waals surface area (Å²) in [6.07, 6.45) is 0.538. The first-order valence-electron chi connectivity index (χ1n) is 8.83. The predicted octanol–water partition coefficient (Wildman–Crippen LogP) is 3.58. The van der Waals surface area contributed by atoms with E-state index >= 15 is 0 Å². The highest BCUT2D eigenvalue weighted by atomic mass is 127. The third-order valence-electron chi connectivity index (χ3n) is 4.04. The van der Waals surface area contributed by atoms with Crippen LogP contribution in [-0.2, 0) is 13.0 Å². The minimum atomic E-state index is -2.92. The van der Waals surface area contributed by atoms with Crippen molar-refractivity contribution in [2.45, 2.75) is 19.6 Å². The number of ether oxygens (including phenoxy) is 4. The standard InChI is InChI=1S/C20H25F2N3O4.HI/c1-26-15-7-5-14(11-17(15)28-3)12-25-20(23)24-9-8-13-4-6-16(27-2)18(10-13)29-19(21)22;/h4-7,10-11,19H,8-9,12H2,1-3H3,(H3,23,24,25);1H. The largest absolute Gasteiger partial charge is 0.493 e. The normalized spacial score (nSPS) is 10.9. The maximum absolute atomic E-state index is 12.5. The fourth-order valence-corrected chi connectivity index (χ4v) is 2.61. The molecule has 10 heteroatoms. The van der Waals surface area contributed by atoms with Crippen molar-refractivity contribution in [2.24, 2.45) is 10.7 Å². The molecule has 0 atom stereocenters. The molecule has 0 aliphatic rings. The van der Waals surface area contributed by atoms with Crippen molar-refractivity contribution in [1.82, 2.24) is 5.32 Å². The van der Waals surface area contributed by atoms with Gasteiger partial charge in [-0.25, -0.2) is 4.99 Å². The van der Waals surface area contributed by atoms with Crippen molar-refractivity contribution in [1.29, 1.82) is 0 Å². The first-order valence-corrected chi connectivity index (χ1v) is 8.83. The molecule has 2 aromatic rings. The van der Waals surface area contributed by atoms with Gasteiger partial charge in [0.05, 0.1) is 27.9 Å². The van der Waals surface area contributed by atoms with E-state index in [0.717, 1.165) is 11.1 Å². The summed E-state index contributed by atoms with van der Waals surface area (Å²) in [5, 5.41) is 2.99. The fourth-order valence-electron chi connectivity index (χ4n) is 2.61. The van der Waals surface area contributed by atoms with Crippen LogP contribution < -0.4 is 30.0 Å². The maximum atomic E-state index is 12.5. The summed E-state index contributed by atoms with van der Waals surface area (Å²) in [5.41, 5.74) is 7.60. The summed E-state index contributed by atoms with van der Waals surface area (Å²) in [5.74, 6) is 1.78. The highest BCUT2D eigenvalue weighted by molar-refractivity contribution is 14.0. The number of aliphatic imine (C=N–C) groups is 1. The molecule has 0 radical (unpaired) electrons. The van der Waals surface area contributed by atoms with E-state index in [0.29, 0.717) is 31.0 Å². The van der Waals surface area contributed by atoms with E-state index in [9.17, 15) is 8.78 Å². The smallest absolute Gasteiger partial charge is 0.387 e. The molecule has 0 bridgehead atoms. The molecule has 0 saturated heterocycles. The van der Waals surface area contributed by atoms with Gasteiger partial charge < -0.3 is 30.0 Å². The molecule has 3 N–H and O–H groups in total. The molecule has 0 aliphatic carbocycles. The van der Waals surface area contributed by atoms with E-state index in [2.05, 4.69) is 15.0 Å². The molecular weight excluding hydrogens is 511 g/mol. The van der Waals surface area contributed by atoms with Crippen LogP contribution in [0.2, 0.25) is 0 Å². The lowest BCUT2D eigenvalue weighted by Crippen LogP contribution is -2.33. The average molecular weight is 537 g/mol. The maximum Gasteiger partial charge on any atom is 0.387 e. The Bertz CT molecular complexity index is 838. The van der Waals surface area contributed by atoms with E-state index in [1.54, 1.807) is 32.4 Å². The number of guanidine groups is 1. The van der Waals surface area contributed by atoms with Gasteiger partial charge in [0.15, 0.2) is 29.0 Å². The van der Waals surface area contributed by atoms with Gasteiger partial charge in [-0.15, -0.1) is 24.0 Å². The van der Waals surface area contributed by atoms with Gasteiger partial charge in [0.2, 0.25) is 0 Å². The van der Waals surface area contributed by atoms with Crippen molar-refractivity contribution in [3.05, 3.63) is 47.5 Å². The number of methoxy groups -OCH3 is 3. The van der Waals surface area contributed by atoms with Gasteiger partial charge in [-0.3, -0.25) is 0 Å². The van der Waals surface area contributed by atoms with Crippen LogP contribution in [0.5, 0.6) is 23.0 Å². The molecule has 7 nitrogen and oxygen atoms in total. The second-order valence-electron chi connectivity index (χ2n) is 5.93. The summed E-state index contributed by atoms with van der Waals surface area (Å²) in [4.78, 5) is 4.28. The molecular formula is C20H26F2IN3O4. The first-order chi connectivity index (χ1) is 14.0. The van der Waals surface area contributed by atoms with Gasteiger partial charge in [-0.2, -0.15) is 8.78 Å². The number of nitrogens with two attached hydrogens (primary N) is 1. The summed E-state index contributed by atoms with van der Waals surface area (Å²) in [7, 11) is 4.53. The van der Waals surface area contributed by atoms with Crippen LogP contribution in [0.4, 0.5) is 8.78 Å². The number of alkyl halides is 2. The van der Waals surface area contributed by atoms with E-state index in [-0.39, 0.29) is 41.4 Å². The number of halogens is 3. The van der Waals surface area contributed by atoms with Crippen LogP contribution in [0.1, 0.15) is 11.1 Å². The Morgan fingerprint density at radius 1 is 0.933 bits per heavy atom. The topological polar surface area (TPSA) is 87.3 Å². The quantitative estimate of drug-likeness (QED) is 0.274. The van der Waals surface area contributed by atoms with Crippen LogP contribution >= 0.6 is 24.0 Å². The molecule has 0 spiro atoms. The van der Waals surface area contributed by atoms with Crippen molar-refractivity contribution in [2.75, 3.05) is 27.9 Å². The lowest BCUT2D eigenvalue weighted by molar-refractivity contribution is -0.0512. The third kappa shape index (κ3) is 7.73. The summed E-state index contributed by atoms with van der Waals surface area (Å²) >= 11 is 0. The highest BCUT2D eigenvalue weighted by Crippen LogP contribution is 2.30. The van der Waals surface area contributed by atoms with E-state index in [1.807, 2.05) is 12.1 Å². The Hall–Kier alpha value is -2.50. The third-order valence-corrected chi connectivity index (χ3v) is 4.04. The molecule has 0 fully saturated rings. The molecule has 0 saturated carbocycles. The van der Waals surface area contributed by atoms with Crippen molar-refractivity contribution in [3.63, 3.8) is 0 Å². The Labute approximate surface area is 191 Å².